The lowest BCUT2D eigenvalue weighted by molar-refractivity contribution is -0.116. The predicted octanol–water partition coefficient (Wildman–Crippen LogP) is 3.62. The van der Waals surface area contributed by atoms with Gasteiger partial charge in [0.05, 0.1) is 7.11 Å². The van der Waals surface area contributed by atoms with Crippen LogP contribution < -0.4 is 15.4 Å². The molecule has 1 atom stereocenters. The van der Waals surface area contributed by atoms with Crippen molar-refractivity contribution in [3.8, 4) is 5.75 Å². The minimum absolute atomic E-state index is 0.114. The molecule has 0 aliphatic carbocycles. The van der Waals surface area contributed by atoms with Gasteiger partial charge in [-0.1, -0.05) is 24.6 Å². The smallest absolute Gasteiger partial charge is 0.246 e. The van der Waals surface area contributed by atoms with Crippen molar-refractivity contribution >= 4 is 27.3 Å². The Kier molecular flexibility index (Phi) is 6.99. The number of benzene rings is 2. The van der Waals surface area contributed by atoms with Crippen LogP contribution in [0, 0.1) is 6.92 Å². The zero-order valence-electron chi connectivity index (χ0n) is 17.6. The number of methoxy groups -OCH3 is 1. The molecule has 0 bridgehead atoms. The molecule has 2 aromatic carbocycles. The van der Waals surface area contributed by atoms with Gasteiger partial charge in [0.1, 0.15) is 16.7 Å². The molecule has 8 heteroatoms. The second-order valence-corrected chi connectivity index (χ2v) is 9.41. The highest BCUT2D eigenvalue weighted by Gasteiger charge is 2.29. The summed E-state index contributed by atoms with van der Waals surface area (Å²) in [6.07, 6.45) is 2.75. The third-order valence-electron chi connectivity index (χ3n) is 5.28. The Hall–Kier alpha value is -2.58. The zero-order chi connectivity index (χ0) is 21.7. The lowest BCUT2D eigenvalue weighted by Crippen LogP contribution is -2.36. The van der Waals surface area contributed by atoms with Crippen molar-refractivity contribution in [2.45, 2.75) is 44.0 Å². The molecule has 2 aromatic rings. The number of ether oxygens (including phenoxy) is 1. The van der Waals surface area contributed by atoms with Gasteiger partial charge in [-0.2, -0.15) is 4.31 Å². The Morgan fingerprint density at radius 2 is 1.80 bits per heavy atom. The normalized spacial score (nSPS) is 16.0. The summed E-state index contributed by atoms with van der Waals surface area (Å²) in [4.78, 5) is 12.7. The highest BCUT2D eigenvalue weighted by atomic mass is 32.2. The Labute approximate surface area is 178 Å². The number of sulfonamides is 1. The van der Waals surface area contributed by atoms with E-state index in [1.807, 2.05) is 31.2 Å². The summed E-state index contributed by atoms with van der Waals surface area (Å²) >= 11 is 0. The predicted molar refractivity (Wildman–Crippen MR) is 118 cm³/mol. The quantitative estimate of drug-likeness (QED) is 0.699. The number of anilines is 2. The maximum absolute atomic E-state index is 13.2. The number of hydrogen-bond donors (Lipinski definition) is 2. The first kappa shape index (κ1) is 22.1. The molecule has 3 rings (SSSR count). The molecule has 0 aromatic heterocycles. The SMILES string of the molecule is COc1ccc(NC(C)C(=O)Nc2ccccc2C)cc1S(=O)(=O)N1CCCCC1. The summed E-state index contributed by atoms with van der Waals surface area (Å²) in [5.74, 6) is 0.0868. The van der Waals surface area contributed by atoms with Crippen molar-refractivity contribution in [3.63, 3.8) is 0 Å². The maximum Gasteiger partial charge on any atom is 0.246 e. The second-order valence-electron chi connectivity index (χ2n) is 7.50. The monoisotopic (exact) mass is 431 g/mol. The first-order valence-electron chi connectivity index (χ1n) is 10.1. The van der Waals surface area contributed by atoms with Crippen molar-refractivity contribution in [2.75, 3.05) is 30.8 Å². The number of aryl methyl sites for hydroxylation is 1. The Morgan fingerprint density at radius 3 is 2.47 bits per heavy atom. The van der Waals surface area contributed by atoms with Crippen molar-refractivity contribution < 1.29 is 17.9 Å². The molecule has 0 spiro atoms. The molecule has 2 N–H and O–H groups in total. The van der Waals surface area contributed by atoms with E-state index in [1.54, 1.807) is 25.1 Å². The van der Waals surface area contributed by atoms with Gasteiger partial charge in [0.2, 0.25) is 15.9 Å². The minimum atomic E-state index is -3.67. The van der Waals surface area contributed by atoms with Gasteiger partial charge in [-0.3, -0.25) is 4.79 Å². The van der Waals surface area contributed by atoms with Gasteiger partial charge in [0, 0.05) is 24.5 Å². The number of amides is 1. The van der Waals surface area contributed by atoms with E-state index < -0.39 is 16.1 Å². The molecule has 1 aliphatic rings. The van der Waals surface area contributed by atoms with Crippen molar-refractivity contribution in [1.29, 1.82) is 0 Å². The average molecular weight is 432 g/mol. The van der Waals surface area contributed by atoms with Crippen LogP contribution in [0.5, 0.6) is 5.75 Å². The molecule has 0 saturated carbocycles. The number of nitrogens with zero attached hydrogens (tertiary/aromatic N) is 1. The highest BCUT2D eigenvalue weighted by Crippen LogP contribution is 2.31. The van der Waals surface area contributed by atoms with Crippen LogP contribution in [-0.4, -0.2) is 44.9 Å². The lowest BCUT2D eigenvalue weighted by atomic mass is 10.2. The van der Waals surface area contributed by atoms with E-state index in [4.69, 9.17) is 4.74 Å². The number of piperidine rings is 1. The van der Waals surface area contributed by atoms with Gasteiger partial charge in [0.15, 0.2) is 0 Å². The van der Waals surface area contributed by atoms with Crippen LogP contribution in [-0.2, 0) is 14.8 Å². The minimum Gasteiger partial charge on any atom is -0.495 e. The van der Waals surface area contributed by atoms with Gasteiger partial charge in [-0.15, -0.1) is 0 Å². The van der Waals surface area contributed by atoms with Crippen LogP contribution in [0.4, 0.5) is 11.4 Å². The largest absolute Gasteiger partial charge is 0.495 e. The van der Waals surface area contributed by atoms with Crippen LogP contribution in [0.15, 0.2) is 47.4 Å². The van der Waals surface area contributed by atoms with Crippen molar-refractivity contribution in [1.82, 2.24) is 4.31 Å². The summed E-state index contributed by atoms with van der Waals surface area (Å²) in [7, 11) is -2.22. The zero-order valence-corrected chi connectivity index (χ0v) is 18.5. The van der Waals surface area contributed by atoms with Gasteiger partial charge < -0.3 is 15.4 Å². The lowest BCUT2D eigenvalue weighted by Gasteiger charge is -2.27. The van der Waals surface area contributed by atoms with Crippen LogP contribution in [0.2, 0.25) is 0 Å². The Balaban J connectivity index is 1.79. The maximum atomic E-state index is 13.2. The van der Waals surface area contributed by atoms with E-state index in [0.29, 0.717) is 24.5 Å². The van der Waals surface area contributed by atoms with Crippen LogP contribution >= 0.6 is 0 Å². The second kappa shape index (κ2) is 9.49. The molecule has 1 aliphatic heterocycles. The number of hydrogen-bond acceptors (Lipinski definition) is 5. The summed E-state index contributed by atoms with van der Waals surface area (Å²) in [6.45, 7) is 4.68. The third kappa shape index (κ3) is 4.94. The molecule has 30 heavy (non-hydrogen) atoms. The first-order chi connectivity index (χ1) is 14.3. The van der Waals surface area contributed by atoms with E-state index >= 15 is 0 Å². The van der Waals surface area contributed by atoms with Crippen molar-refractivity contribution in [2.24, 2.45) is 0 Å². The van der Waals surface area contributed by atoms with E-state index in [1.165, 1.54) is 11.4 Å². The number of nitrogens with one attached hydrogen (secondary N) is 2. The van der Waals surface area contributed by atoms with E-state index in [2.05, 4.69) is 10.6 Å². The average Bonchev–Trinajstić information content (AvgIpc) is 2.75. The first-order valence-corrected chi connectivity index (χ1v) is 11.6. The fourth-order valence-electron chi connectivity index (χ4n) is 3.48. The topological polar surface area (TPSA) is 87.7 Å². The highest BCUT2D eigenvalue weighted by molar-refractivity contribution is 7.89. The van der Waals surface area contributed by atoms with Crippen LogP contribution in [0.25, 0.3) is 0 Å². The molecule has 1 unspecified atom stereocenters. The van der Waals surface area contributed by atoms with E-state index in [9.17, 15) is 13.2 Å². The molecule has 1 amide bonds. The van der Waals surface area contributed by atoms with Crippen molar-refractivity contribution in [3.05, 3.63) is 48.0 Å². The molecule has 1 heterocycles. The number of para-hydroxylation sites is 1. The number of rotatable bonds is 7. The van der Waals surface area contributed by atoms with Gasteiger partial charge >= 0.3 is 0 Å². The fourth-order valence-corrected chi connectivity index (χ4v) is 5.18. The molecular weight excluding hydrogens is 402 g/mol. The molecule has 1 saturated heterocycles. The fraction of sp³-hybridized carbons (Fsp3) is 0.409. The van der Waals surface area contributed by atoms with Crippen LogP contribution in [0.1, 0.15) is 31.7 Å². The summed E-state index contributed by atoms with van der Waals surface area (Å²) in [5, 5.41) is 5.99. The molecule has 7 nitrogen and oxygen atoms in total. The van der Waals surface area contributed by atoms with Crippen LogP contribution in [0.3, 0.4) is 0 Å². The summed E-state index contributed by atoms with van der Waals surface area (Å²) < 4.78 is 33.1. The third-order valence-corrected chi connectivity index (χ3v) is 7.20. The molecule has 1 fully saturated rings. The molecule has 162 valence electrons. The molecule has 0 radical (unpaired) electrons. The molecular formula is C22H29N3O4S. The summed E-state index contributed by atoms with van der Waals surface area (Å²) in [6, 6.07) is 11.8. The van der Waals surface area contributed by atoms with Gasteiger partial charge in [-0.05, 0) is 56.5 Å². The van der Waals surface area contributed by atoms with E-state index in [-0.39, 0.29) is 10.8 Å². The van der Waals surface area contributed by atoms with E-state index in [0.717, 1.165) is 30.5 Å². The number of carbonyl (C=O) groups excluding carboxylic acids is 1. The van der Waals surface area contributed by atoms with Gasteiger partial charge in [0.25, 0.3) is 0 Å². The Morgan fingerprint density at radius 1 is 1.10 bits per heavy atom. The Bertz CT molecular complexity index is 1000. The standard InChI is InChI=1S/C22H29N3O4S/c1-16-9-5-6-10-19(16)24-22(26)17(2)23-18-11-12-20(29-3)21(15-18)30(27,28)25-13-7-4-8-14-25/h5-6,9-12,15,17,23H,4,7-8,13-14H2,1-3H3,(H,24,26). The number of carbonyl (C=O) groups is 1. The van der Waals surface area contributed by atoms with Gasteiger partial charge in [-0.25, -0.2) is 8.42 Å². The summed E-state index contributed by atoms with van der Waals surface area (Å²) in [5.41, 5.74) is 2.26.